The molecule has 55 heavy (non-hydrogen) atoms. The van der Waals surface area contributed by atoms with E-state index in [9.17, 15) is 0 Å². The predicted octanol–water partition coefficient (Wildman–Crippen LogP) is 15.3. The number of rotatable bonds is 4. The van der Waals surface area contributed by atoms with Crippen molar-refractivity contribution in [3.8, 4) is 55.6 Å². The van der Waals surface area contributed by atoms with E-state index in [1.54, 1.807) is 0 Å². The zero-order valence-corrected chi connectivity index (χ0v) is 31.0. The van der Waals surface area contributed by atoms with E-state index in [0.29, 0.717) is 0 Å². The van der Waals surface area contributed by atoms with Crippen LogP contribution in [0, 0.1) is 0 Å². The number of fused-ring (bicyclic) bond motifs is 8. The first-order chi connectivity index (χ1) is 27.1. The van der Waals surface area contributed by atoms with Gasteiger partial charge in [0, 0.05) is 5.41 Å². The van der Waals surface area contributed by atoms with Gasteiger partial charge < -0.3 is 0 Å². The number of benzene rings is 10. The minimum atomic E-state index is -0.112. The lowest BCUT2D eigenvalue weighted by molar-refractivity contribution is 0.662. The van der Waals surface area contributed by atoms with Crippen LogP contribution < -0.4 is 0 Å². The maximum Gasteiger partial charge on any atom is 0.0165 e. The van der Waals surface area contributed by atoms with Crippen LogP contribution in [0.1, 0.15) is 25.0 Å². The molecule has 0 aromatic heterocycles. The third-order valence-corrected chi connectivity index (χ3v) is 12.3. The molecule has 0 N–H and O–H groups in total. The topological polar surface area (TPSA) is 0 Å². The molecule has 258 valence electrons. The van der Waals surface area contributed by atoms with Gasteiger partial charge in [-0.1, -0.05) is 208 Å². The Hall–Kier alpha value is -6.76. The monoisotopic (exact) mass is 698 g/mol. The second-order valence-electron chi connectivity index (χ2n) is 15.6. The fourth-order valence-electron chi connectivity index (χ4n) is 9.75. The average Bonchev–Trinajstić information content (AvgIpc) is 3.49. The van der Waals surface area contributed by atoms with Gasteiger partial charge >= 0.3 is 0 Å². The summed E-state index contributed by atoms with van der Waals surface area (Å²) in [5.74, 6) is 0. The Morgan fingerprint density at radius 3 is 1.25 bits per heavy atom. The highest BCUT2D eigenvalue weighted by atomic mass is 14.4. The van der Waals surface area contributed by atoms with Gasteiger partial charge in [0.25, 0.3) is 0 Å². The molecule has 0 heterocycles. The van der Waals surface area contributed by atoms with Crippen LogP contribution in [0.3, 0.4) is 0 Å². The van der Waals surface area contributed by atoms with Crippen molar-refractivity contribution in [2.75, 3.05) is 0 Å². The van der Waals surface area contributed by atoms with Gasteiger partial charge in [-0.25, -0.2) is 0 Å². The van der Waals surface area contributed by atoms with Gasteiger partial charge in [0.2, 0.25) is 0 Å². The van der Waals surface area contributed by atoms with Gasteiger partial charge in [0.1, 0.15) is 0 Å². The second kappa shape index (κ2) is 12.1. The molecule has 0 atom stereocenters. The molecule has 0 amide bonds. The van der Waals surface area contributed by atoms with E-state index in [0.717, 1.165) is 0 Å². The van der Waals surface area contributed by atoms with Crippen LogP contribution in [0.25, 0.3) is 98.7 Å². The lowest BCUT2D eigenvalue weighted by Crippen LogP contribution is -2.16. The summed E-state index contributed by atoms with van der Waals surface area (Å²) in [6, 6.07) is 72.0. The highest BCUT2D eigenvalue weighted by Gasteiger charge is 2.38. The summed E-state index contributed by atoms with van der Waals surface area (Å²) in [7, 11) is 0. The van der Waals surface area contributed by atoms with Crippen molar-refractivity contribution in [1.29, 1.82) is 0 Å². The standard InChI is InChI=1S/C55H38/c1-55(2)50-34-33-36-14-4-6-17-43(36)53(50)49-24-12-23-44(54(49)55)38-27-31-40(32-28-38)52-47-20-9-7-18-45(47)51(46-19-8-10-21-48(46)52)39-29-25-37(26-30-39)42-22-11-15-35-13-3-5-16-41(35)42/h3-34H,1-2H3. The molecule has 0 nitrogen and oxygen atoms in total. The fourth-order valence-corrected chi connectivity index (χ4v) is 9.75. The zero-order chi connectivity index (χ0) is 36.7. The molecule has 0 bridgehead atoms. The molecular weight excluding hydrogens is 661 g/mol. The van der Waals surface area contributed by atoms with Crippen LogP contribution in [-0.2, 0) is 5.41 Å². The van der Waals surface area contributed by atoms with E-state index in [1.807, 2.05) is 0 Å². The molecule has 0 radical (unpaired) electrons. The molecule has 1 aliphatic carbocycles. The third kappa shape index (κ3) is 4.78. The van der Waals surface area contributed by atoms with Crippen molar-refractivity contribution in [3.05, 3.63) is 205 Å². The molecule has 10 aromatic carbocycles. The lowest BCUT2D eigenvalue weighted by atomic mass is 9.78. The maximum absolute atomic E-state index is 2.39. The van der Waals surface area contributed by atoms with E-state index in [2.05, 4.69) is 208 Å². The number of hydrogen-bond acceptors (Lipinski definition) is 0. The predicted molar refractivity (Wildman–Crippen MR) is 236 cm³/mol. The van der Waals surface area contributed by atoms with Crippen LogP contribution in [0.15, 0.2) is 194 Å². The summed E-state index contributed by atoms with van der Waals surface area (Å²) < 4.78 is 0. The largest absolute Gasteiger partial charge is 0.0616 e. The smallest absolute Gasteiger partial charge is 0.0165 e. The molecule has 0 spiro atoms. The van der Waals surface area contributed by atoms with Crippen molar-refractivity contribution >= 4 is 43.1 Å². The van der Waals surface area contributed by atoms with Crippen LogP contribution in [0.4, 0.5) is 0 Å². The molecule has 0 unspecified atom stereocenters. The molecule has 0 aliphatic heterocycles. The quantitative estimate of drug-likeness (QED) is 0.161. The van der Waals surface area contributed by atoms with E-state index < -0.39 is 0 Å². The molecule has 1 aliphatic rings. The maximum atomic E-state index is 2.39. The molecular formula is C55H38. The first kappa shape index (κ1) is 31.7. The minimum absolute atomic E-state index is 0.112. The van der Waals surface area contributed by atoms with Crippen LogP contribution in [-0.4, -0.2) is 0 Å². The Morgan fingerprint density at radius 2 is 0.673 bits per heavy atom. The van der Waals surface area contributed by atoms with Crippen LogP contribution in [0.2, 0.25) is 0 Å². The zero-order valence-electron chi connectivity index (χ0n) is 31.0. The minimum Gasteiger partial charge on any atom is -0.0616 e. The first-order valence-electron chi connectivity index (χ1n) is 19.4. The van der Waals surface area contributed by atoms with Crippen molar-refractivity contribution in [2.45, 2.75) is 19.3 Å². The molecule has 11 rings (SSSR count). The van der Waals surface area contributed by atoms with E-state index in [-0.39, 0.29) is 5.41 Å². The van der Waals surface area contributed by atoms with Crippen molar-refractivity contribution in [2.24, 2.45) is 0 Å². The highest BCUT2D eigenvalue weighted by molar-refractivity contribution is 6.21. The summed E-state index contributed by atoms with van der Waals surface area (Å²) in [6.07, 6.45) is 0. The third-order valence-electron chi connectivity index (χ3n) is 12.3. The van der Waals surface area contributed by atoms with E-state index in [4.69, 9.17) is 0 Å². The normalized spacial score (nSPS) is 13.1. The van der Waals surface area contributed by atoms with Gasteiger partial charge in [0.05, 0.1) is 0 Å². The van der Waals surface area contributed by atoms with E-state index >= 15 is 0 Å². The summed E-state index contributed by atoms with van der Waals surface area (Å²) in [5, 5.41) is 10.3. The van der Waals surface area contributed by atoms with Crippen molar-refractivity contribution in [3.63, 3.8) is 0 Å². The first-order valence-corrected chi connectivity index (χ1v) is 19.4. The summed E-state index contributed by atoms with van der Waals surface area (Å²) in [6.45, 7) is 4.78. The average molecular weight is 699 g/mol. The van der Waals surface area contributed by atoms with Gasteiger partial charge in [-0.15, -0.1) is 0 Å². The second-order valence-corrected chi connectivity index (χ2v) is 15.6. The molecule has 0 saturated carbocycles. The highest BCUT2D eigenvalue weighted by Crippen LogP contribution is 2.54. The van der Waals surface area contributed by atoms with Crippen LogP contribution >= 0.6 is 0 Å². The molecule has 0 heteroatoms. The molecule has 0 saturated heterocycles. The van der Waals surface area contributed by atoms with Gasteiger partial charge in [-0.2, -0.15) is 0 Å². The van der Waals surface area contributed by atoms with E-state index in [1.165, 1.54) is 110 Å². The van der Waals surface area contributed by atoms with Gasteiger partial charge in [-0.3, -0.25) is 0 Å². The van der Waals surface area contributed by atoms with Crippen LogP contribution in [0.5, 0.6) is 0 Å². The Morgan fingerprint density at radius 1 is 0.273 bits per heavy atom. The molecule has 10 aromatic rings. The van der Waals surface area contributed by atoms with Crippen molar-refractivity contribution in [1.82, 2.24) is 0 Å². The molecule has 0 fully saturated rings. The Balaban J connectivity index is 1.04. The van der Waals surface area contributed by atoms with Gasteiger partial charge in [-0.05, 0) is 110 Å². The SMILES string of the molecule is CC1(C)c2ccc3ccccc3c2-c2cccc(-c3ccc(-c4c5ccccc5c(-c5ccc(-c6cccc7ccccc67)cc5)c5ccccc45)cc3)c21. The Labute approximate surface area is 322 Å². The van der Waals surface area contributed by atoms with Crippen molar-refractivity contribution < 1.29 is 0 Å². The lowest BCUT2D eigenvalue weighted by Gasteiger charge is -2.25. The number of hydrogen-bond donors (Lipinski definition) is 0. The summed E-state index contributed by atoms with van der Waals surface area (Å²) in [4.78, 5) is 0. The summed E-state index contributed by atoms with van der Waals surface area (Å²) >= 11 is 0. The Kier molecular flexibility index (Phi) is 7.00. The van der Waals surface area contributed by atoms with Gasteiger partial charge in [0.15, 0.2) is 0 Å². The Bertz CT molecular complexity index is 3080. The summed E-state index contributed by atoms with van der Waals surface area (Å²) in [5.41, 5.74) is 15.5. The fraction of sp³-hybridized carbons (Fsp3) is 0.0545.